The van der Waals surface area contributed by atoms with E-state index in [1.54, 1.807) is 4.90 Å². The van der Waals surface area contributed by atoms with E-state index in [9.17, 15) is 14.4 Å². The van der Waals surface area contributed by atoms with Crippen LogP contribution in [0.25, 0.3) is 10.9 Å². The van der Waals surface area contributed by atoms with E-state index in [4.69, 9.17) is 21.1 Å². The predicted molar refractivity (Wildman–Crippen MR) is 109 cm³/mol. The summed E-state index contributed by atoms with van der Waals surface area (Å²) in [5.41, 5.74) is 2.19. The van der Waals surface area contributed by atoms with Crippen molar-refractivity contribution in [3.63, 3.8) is 0 Å². The molecular formula is C22H23ClN2O5. The number of hydrogen-bond donors (Lipinski definition) is 1. The molecule has 2 atom stereocenters. The third kappa shape index (κ3) is 2.35. The van der Waals surface area contributed by atoms with Gasteiger partial charge in [0.1, 0.15) is 11.9 Å². The summed E-state index contributed by atoms with van der Waals surface area (Å²) in [7, 11) is 2.74. The van der Waals surface area contributed by atoms with Crippen molar-refractivity contribution in [3.05, 3.63) is 35.5 Å². The minimum absolute atomic E-state index is 0.197. The summed E-state index contributed by atoms with van der Waals surface area (Å²) in [5, 5.41) is 1.04. The predicted octanol–water partition coefficient (Wildman–Crippen LogP) is 2.72. The number of aromatic amines is 1. The number of halogens is 1. The highest BCUT2D eigenvalue weighted by atomic mass is 35.5. The molecule has 0 radical (unpaired) electrons. The number of methoxy groups -OCH3 is 2. The first-order valence-corrected chi connectivity index (χ1v) is 10.6. The first-order chi connectivity index (χ1) is 14.4. The van der Waals surface area contributed by atoms with Gasteiger partial charge in [0.15, 0.2) is 0 Å². The number of carbonyl (C=O) groups is 3. The molecule has 1 aliphatic heterocycles. The number of H-pyrrole nitrogens is 1. The van der Waals surface area contributed by atoms with Crippen LogP contribution >= 0.6 is 11.6 Å². The van der Waals surface area contributed by atoms with Gasteiger partial charge in [0, 0.05) is 23.0 Å². The average molecular weight is 431 g/mol. The van der Waals surface area contributed by atoms with Crippen LogP contribution < -0.4 is 0 Å². The van der Waals surface area contributed by atoms with Gasteiger partial charge in [-0.25, -0.2) is 4.79 Å². The summed E-state index contributed by atoms with van der Waals surface area (Å²) in [4.78, 5) is 43.1. The average Bonchev–Trinajstić information content (AvgIpc) is 3.08. The third-order valence-electron chi connectivity index (χ3n) is 7.28. The van der Waals surface area contributed by atoms with Crippen molar-refractivity contribution in [2.24, 2.45) is 10.8 Å². The van der Waals surface area contributed by atoms with Gasteiger partial charge >= 0.3 is 11.9 Å². The second-order valence-electron chi connectivity index (χ2n) is 8.81. The molecule has 0 saturated heterocycles. The Hall–Kier alpha value is -2.54. The smallest absolute Gasteiger partial charge is 0.328 e. The Bertz CT molecular complexity index is 1060. The summed E-state index contributed by atoms with van der Waals surface area (Å²) in [6, 6.07) is 6.81. The van der Waals surface area contributed by atoms with Crippen LogP contribution in [0.15, 0.2) is 24.3 Å². The highest BCUT2D eigenvalue weighted by Crippen LogP contribution is 2.79. The molecule has 0 spiro atoms. The van der Waals surface area contributed by atoms with E-state index in [2.05, 4.69) is 4.98 Å². The molecule has 158 valence electrons. The zero-order chi connectivity index (χ0) is 21.3. The fourth-order valence-corrected chi connectivity index (χ4v) is 6.33. The Labute approximate surface area is 178 Å². The molecule has 2 bridgehead atoms. The van der Waals surface area contributed by atoms with E-state index in [-0.39, 0.29) is 29.2 Å². The molecule has 7 nitrogen and oxygen atoms in total. The van der Waals surface area contributed by atoms with Crippen LogP contribution in [-0.4, -0.2) is 53.9 Å². The van der Waals surface area contributed by atoms with Crippen LogP contribution in [0.1, 0.15) is 36.6 Å². The number of esters is 2. The normalized spacial score (nSPS) is 31.4. The van der Waals surface area contributed by atoms with E-state index in [0.717, 1.165) is 22.2 Å². The topological polar surface area (TPSA) is 88.7 Å². The van der Waals surface area contributed by atoms with Crippen molar-refractivity contribution >= 4 is 40.3 Å². The van der Waals surface area contributed by atoms with Crippen LogP contribution in [0.3, 0.4) is 0 Å². The maximum Gasteiger partial charge on any atom is 0.328 e. The van der Waals surface area contributed by atoms with Gasteiger partial charge < -0.3 is 19.4 Å². The molecule has 4 aliphatic rings. The van der Waals surface area contributed by atoms with Gasteiger partial charge in [-0.15, -0.1) is 11.6 Å². The van der Waals surface area contributed by atoms with Crippen molar-refractivity contribution < 1.29 is 23.9 Å². The lowest BCUT2D eigenvalue weighted by atomic mass is 9.32. The van der Waals surface area contributed by atoms with E-state index in [1.165, 1.54) is 14.2 Å². The van der Waals surface area contributed by atoms with E-state index in [1.807, 2.05) is 24.3 Å². The molecule has 2 aromatic rings. The molecule has 2 heterocycles. The fraction of sp³-hybridized carbons (Fsp3) is 0.500. The van der Waals surface area contributed by atoms with Crippen LogP contribution in [0.4, 0.5) is 0 Å². The number of alkyl halides is 1. The number of benzene rings is 1. The lowest BCUT2D eigenvalue weighted by Gasteiger charge is -2.72. The number of fused-ring (bicyclic) bond motifs is 3. The minimum atomic E-state index is -0.749. The number of amides is 1. The number of rotatable bonds is 4. The Morgan fingerprint density at radius 2 is 1.87 bits per heavy atom. The van der Waals surface area contributed by atoms with Gasteiger partial charge in [-0.2, -0.15) is 0 Å². The summed E-state index contributed by atoms with van der Waals surface area (Å²) in [5.74, 6) is -1.18. The number of aromatic nitrogens is 1. The fourth-order valence-electron chi connectivity index (χ4n) is 6.20. The summed E-state index contributed by atoms with van der Waals surface area (Å²) >= 11 is 5.97. The molecule has 3 saturated carbocycles. The van der Waals surface area contributed by atoms with Crippen LogP contribution in [0, 0.1) is 10.8 Å². The molecule has 8 heteroatoms. The monoisotopic (exact) mass is 430 g/mol. The summed E-state index contributed by atoms with van der Waals surface area (Å²) in [6.07, 6.45) is 2.26. The molecular weight excluding hydrogens is 408 g/mol. The van der Waals surface area contributed by atoms with Gasteiger partial charge in [0.05, 0.1) is 25.7 Å². The third-order valence-corrected chi connectivity index (χ3v) is 7.51. The maximum absolute atomic E-state index is 13.0. The molecule has 30 heavy (non-hydrogen) atoms. The van der Waals surface area contributed by atoms with Gasteiger partial charge in [0.2, 0.25) is 5.91 Å². The molecule has 6 rings (SSSR count). The summed E-state index contributed by atoms with van der Waals surface area (Å²) < 4.78 is 10.1. The SMILES string of the molecule is COC(=O)[C@H]1Cc2c([nH]c3ccccc23)[C@@H](C23CC(C(=O)OC)(C2)C3)N1C(=O)CCl. The van der Waals surface area contributed by atoms with Crippen molar-refractivity contribution in [1.29, 1.82) is 0 Å². The maximum atomic E-state index is 13.0. The number of nitrogens with zero attached hydrogens (tertiary/aromatic N) is 1. The number of para-hydroxylation sites is 1. The van der Waals surface area contributed by atoms with Crippen molar-refractivity contribution in [2.75, 3.05) is 20.1 Å². The van der Waals surface area contributed by atoms with Crippen molar-refractivity contribution in [3.8, 4) is 0 Å². The molecule has 3 aliphatic carbocycles. The van der Waals surface area contributed by atoms with Crippen LogP contribution in [0.2, 0.25) is 0 Å². The van der Waals surface area contributed by atoms with Crippen LogP contribution in [0.5, 0.6) is 0 Å². The van der Waals surface area contributed by atoms with Crippen molar-refractivity contribution in [2.45, 2.75) is 37.8 Å². The molecule has 1 aromatic carbocycles. The molecule has 1 amide bonds. The first-order valence-electron chi connectivity index (χ1n) is 10.0. The second-order valence-corrected chi connectivity index (χ2v) is 9.07. The summed E-state index contributed by atoms with van der Waals surface area (Å²) in [6.45, 7) is 0. The Morgan fingerprint density at radius 3 is 2.50 bits per heavy atom. The molecule has 3 fully saturated rings. The highest BCUT2D eigenvalue weighted by molar-refractivity contribution is 6.27. The van der Waals surface area contributed by atoms with Gasteiger partial charge in [-0.05, 0) is 36.3 Å². The lowest BCUT2D eigenvalue weighted by Crippen LogP contribution is -2.71. The first kappa shape index (κ1) is 19.4. The Morgan fingerprint density at radius 1 is 1.17 bits per heavy atom. The molecule has 1 N–H and O–H groups in total. The molecule has 0 unspecified atom stereocenters. The quantitative estimate of drug-likeness (QED) is 0.595. The van der Waals surface area contributed by atoms with E-state index in [0.29, 0.717) is 25.7 Å². The number of hydrogen-bond acceptors (Lipinski definition) is 5. The zero-order valence-electron chi connectivity index (χ0n) is 16.9. The highest BCUT2D eigenvalue weighted by Gasteiger charge is 2.76. The van der Waals surface area contributed by atoms with E-state index < -0.39 is 17.4 Å². The Kier molecular flexibility index (Phi) is 4.19. The standard InChI is InChI=1S/C22H23ClN2O5/c1-29-19(27)15-7-13-12-5-3-4-6-14(12)24-17(13)18(25(15)16(26)8-23)21-9-22(10-21,11-21)20(28)30-2/h3-6,15,18,24H,7-11H2,1-2H3/t15-,18+,21?,22?/m1/s1. The van der Waals surface area contributed by atoms with Crippen LogP contribution in [-0.2, 0) is 30.3 Å². The van der Waals surface area contributed by atoms with Crippen molar-refractivity contribution in [1.82, 2.24) is 9.88 Å². The van der Waals surface area contributed by atoms with Gasteiger partial charge in [-0.3, -0.25) is 9.59 Å². The largest absolute Gasteiger partial charge is 0.469 e. The number of nitrogens with one attached hydrogen (secondary N) is 1. The lowest BCUT2D eigenvalue weighted by molar-refractivity contribution is -0.252. The number of ether oxygens (including phenoxy) is 2. The molecule has 1 aromatic heterocycles. The zero-order valence-corrected chi connectivity index (χ0v) is 17.6. The van der Waals surface area contributed by atoms with Gasteiger partial charge in [0.25, 0.3) is 0 Å². The second kappa shape index (κ2) is 6.48. The minimum Gasteiger partial charge on any atom is -0.469 e. The van der Waals surface area contributed by atoms with Gasteiger partial charge in [-0.1, -0.05) is 18.2 Å². The number of carbonyl (C=O) groups excluding carboxylic acids is 3. The van der Waals surface area contributed by atoms with E-state index >= 15 is 0 Å². The Balaban J connectivity index is 1.65.